The third kappa shape index (κ3) is 4.11. The predicted octanol–water partition coefficient (Wildman–Crippen LogP) is 9.00. The molecule has 0 aliphatic heterocycles. The summed E-state index contributed by atoms with van der Waals surface area (Å²) < 4.78 is 1.29. The van der Waals surface area contributed by atoms with Gasteiger partial charge in [0.1, 0.15) is 0 Å². The Morgan fingerprint density at radius 2 is 1.34 bits per heavy atom. The standard InChI is InChI=1S/C32H27NSSi/c1-35(2,3)26-14-15-27-24(18-26)16-17-33-32(27)25-19-28(22-10-6-4-7-11-22)29-21-30(34-31(29)20-25)23-12-8-5-9-13-23/h4-21H,1-3H3. The van der Waals surface area contributed by atoms with Crippen LogP contribution in [0.5, 0.6) is 0 Å². The van der Waals surface area contributed by atoms with E-state index in [0.29, 0.717) is 0 Å². The fourth-order valence-corrected chi connectivity index (χ4v) is 7.06. The van der Waals surface area contributed by atoms with Crippen LogP contribution in [0.15, 0.2) is 109 Å². The van der Waals surface area contributed by atoms with Crippen molar-refractivity contribution in [2.45, 2.75) is 19.6 Å². The second kappa shape index (κ2) is 8.60. The molecule has 0 aliphatic rings. The molecular weight excluding hydrogens is 459 g/mol. The van der Waals surface area contributed by atoms with Crippen molar-refractivity contribution in [3.05, 3.63) is 109 Å². The molecule has 0 fully saturated rings. The third-order valence-electron chi connectivity index (χ3n) is 6.68. The van der Waals surface area contributed by atoms with Crippen molar-refractivity contribution < 1.29 is 0 Å². The van der Waals surface area contributed by atoms with Gasteiger partial charge >= 0.3 is 0 Å². The molecule has 0 saturated carbocycles. The van der Waals surface area contributed by atoms with Crippen molar-refractivity contribution >= 4 is 45.5 Å². The third-order valence-corrected chi connectivity index (χ3v) is 9.86. The average Bonchev–Trinajstić information content (AvgIpc) is 3.32. The molecule has 0 atom stereocenters. The molecule has 0 amide bonds. The molecule has 3 heteroatoms. The number of fused-ring (bicyclic) bond motifs is 2. The Kier molecular flexibility index (Phi) is 5.40. The van der Waals surface area contributed by atoms with E-state index >= 15 is 0 Å². The SMILES string of the molecule is C[Si](C)(C)c1ccc2c(-c3cc(-c4ccccc4)c4cc(-c5ccccc5)sc4c3)nccc2c1. The number of rotatable bonds is 4. The van der Waals surface area contributed by atoms with Gasteiger partial charge in [-0.05, 0) is 46.3 Å². The van der Waals surface area contributed by atoms with E-state index in [2.05, 4.69) is 123 Å². The maximum Gasteiger partial charge on any atom is 0.0780 e. The zero-order valence-electron chi connectivity index (χ0n) is 20.2. The summed E-state index contributed by atoms with van der Waals surface area (Å²) in [5.74, 6) is 0. The van der Waals surface area contributed by atoms with Gasteiger partial charge in [0.05, 0.1) is 13.8 Å². The van der Waals surface area contributed by atoms with Crippen LogP contribution in [0.25, 0.3) is 53.7 Å². The Bertz CT molecular complexity index is 1660. The Balaban J connectivity index is 1.60. The van der Waals surface area contributed by atoms with Crippen molar-refractivity contribution in [2.75, 3.05) is 0 Å². The number of nitrogens with zero attached hydrogens (tertiary/aromatic N) is 1. The van der Waals surface area contributed by atoms with Crippen molar-refractivity contribution in [3.63, 3.8) is 0 Å². The lowest BCUT2D eigenvalue weighted by molar-refractivity contribution is 1.36. The highest BCUT2D eigenvalue weighted by molar-refractivity contribution is 7.22. The second-order valence-electron chi connectivity index (χ2n) is 10.1. The lowest BCUT2D eigenvalue weighted by atomic mass is 9.96. The van der Waals surface area contributed by atoms with Crippen LogP contribution in [0.1, 0.15) is 0 Å². The smallest absolute Gasteiger partial charge is 0.0780 e. The molecule has 0 bridgehead atoms. The maximum absolute atomic E-state index is 4.89. The van der Waals surface area contributed by atoms with Crippen molar-refractivity contribution in [2.24, 2.45) is 0 Å². The minimum Gasteiger partial charge on any atom is -0.256 e. The molecule has 0 aliphatic carbocycles. The summed E-state index contributed by atoms with van der Waals surface area (Å²) in [7, 11) is -1.38. The van der Waals surface area contributed by atoms with Gasteiger partial charge < -0.3 is 0 Å². The van der Waals surface area contributed by atoms with Gasteiger partial charge in [-0.2, -0.15) is 0 Å². The Hall–Kier alpha value is -3.53. The van der Waals surface area contributed by atoms with E-state index in [-0.39, 0.29) is 0 Å². The summed E-state index contributed by atoms with van der Waals surface area (Å²) in [4.78, 5) is 6.18. The number of aromatic nitrogens is 1. The molecule has 2 heterocycles. The van der Waals surface area contributed by atoms with Crippen LogP contribution in [0.3, 0.4) is 0 Å². The van der Waals surface area contributed by atoms with Gasteiger partial charge in [-0.1, -0.05) is 104 Å². The Morgan fingerprint density at radius 1 is 0.629 bits per heavy atom. The molecule has 6 rings (SSSR count). The van der Waals surface area contributed by atoms with E-state index in [0.717, 1.165) is 5.69 Å². The number of thiophene rings is 1. The predicted molar refractivity (Wildman–Crippen MR) is 156 cm³/mol. The number of pyridine rings is 1. The molecule has 2 aromatic heterocycles. The van der Waals surface area contributed by atoms with Crippen LogP contribution in [0.4, 0.5) is 0 Å². The van der Waals surface area contributed by atoms with E-state index in [9.17, 15) is 0 Å². The van der Waals surface area contributed by atoms with Crippen LogP contribution >= 0.6 is 11.3 Å². The van der Waals surface area contributed by atoms with Crippen LogP contribution in [-0.4, -0.2) is 13.1 Å². The number of hydrogen-bond acceptors (Lipinski definition) is 2. The van der Waals surface area contributed by atoms with E-state index in [4.69, 9.17) is 4.98 Å². The van der Waals surface area contributed by atoms with E-state index in [1.165, 1.54) is 53.2 Å². The van der Waals surface area contributed by atoms with E-state index in [1.54, 1.807) is 0 Å². The molecular formula is C32H27NSSi. The lowest BCUT2D eigenvalue weighted by Crippen LogP contribution is -2.37. The normalized spacial score (nSPS) is 11.9. The topological polar surface area (TPSA) is 12.9 Å². The highest BCUT2D eigenvalue weighted by Crippen LogP contribution is 2.42. The van der Waals surface area contributed by atoms with Crippen molar-refractivity contribution in [1.29, 1.82) is 0 Å². The molecule has 0 spiro atoms. The van der Waals surface area contributed by atoms with Gasteiger partial charge in [0.2, 0.25) is 0 Å². The zero-order valence-corrected chi connectivity index (χ0v) is 22.1. The summed E-state index contributed by atoms with van der Waals surface area (Å²) in [6.07, 6.45) is 1.96. The van der Waals surface area contributed by atoms with Gasteiger partial charge in [0.25, 0.3) is 0 Å². The van der Waals surface area contributed by atoms with Crippen LogP contribution in [0, 0.1) is 0 Å². The van der Waals surface area contributed by atoms with Gasteiger partial charge in [-0.25, -0.2) is 0 Å². The summed E-state index contributed by atoms with van der Waals surface area (Å²) >= 11 is 1.86. The summed E-state index contributed by atoms with van der Waals surface area (Å²) in [5, 5.41) is 5.26. The molecule has 170 valence electrons. The van der Waals surface area contributed by atoms with E-state index in [1.807, 2.05) is 17.5 Å². The Morgan fingerprint density at radius 3 is 2.06 bits per heavy atom. The summed E-state index contributed by atoms with van der Waals surface area (Å²) in [6, 6.07) is 37.5. The van der Waals surface area contributed by atoms with Gasteiger partial charge in [0, 0.05) is 32.1 Å². The summed E-state index contributed by atoms with van der Waals surface area (Å²) in [5.41, 5.74) is 5.98. The first-order chi connectivity index (χ1) is 17.0. The molecule has 0 unspecified atom stereocenters. The first kappa shape index (κ1) is 22.0. The zero-order chi connectivity index (χ0) is 24.0. The van der Waals surface area contributed by atoms with Crippen LogP contribution < -0.4 is 5.19 Å². The quantitative estimate of drug-likeness (QED) is 0.227. The van der Waals surface area contributed by atoms with Crippen molar-refractivity contribution in [3.8, 4) is 32.8 Å². The number of hydrogen-bond donors (Lipinski definition) is 0. The molecule has 0 radical (unpaired) electrons. The first-order valence-electron chi connectivity index (χ1n) is 12.1. The fourth-order valence-electron chi connectivity index (χ4n) is 4.75. The first-order valence-corrected chi connectivity index (χ1v) is 16.4. The summed E-state index contributed by atoms with van der Waals surface area (Å²) in [6.45, 7) is 7.20. The monoisotopic (exact) mass is 485 g/mol. The number of benzene rings is 4. The molecule has 0 N–H and O–H groups in total. The van der Waals surface area contributed by atoms with E-state index < -0.39 is 8.07 Å². The highest BCUT2D eigenvalue weighted by Gasteiger charge is 2.18. The van der Waals surface area contributed by atoms with Gasteiger partial charge in [-0.15, -0.1) is 11.3 Å². The Labute approximate surface area is 211 Å². The lowest BCUT2D eigenvalue weighted by Gasteiger charge is -2.18. The molecule has 0 saturated heterocycles. The molecule has 35 heavy (non-hydrogen) atoms. The van der Waals surface area contributed by atoms with Crippen LogP contribution in [0.2, 0.25) is 19.6 Å². The largest absolute Gasteiger partial charge is 0.256 e. The van der Waals surface area contributed by atoms with Gasteiger partial charge in [-0.3, -0.25) is 4.98 Å². The second-order valence-corrected chi connectivity index (χ2v) is 16.3. The molecule has 6 aromatic rings. The van der Waals surface area contributed by atoms with Gasteiger partial charge in [0.15, 0.2) is 0 Å². The van der Waals surface area contributed by atoms with Crippen LogP contribution in [-0.2, 0) is 0 Å². The average molecular weight is 486 g/mol. The minimum absolute atomic E-state index is 1.05. The highest BCUT2D eigenvalue weighted by atomic mass is 32.1. The van der Waals surface area contributed by atoms with Crippen molar-refractivity contribution in [1.82, 2.24) is 4.98 Å². The molecule has 4 aromatic carbocycles. The fraction of sp³-hybridized carbons (Fsp3) is 0.0938. The minimum atomic E-state index is -1.38. The maximum atomic E-state index is 4.89. The molecule has 1 nitrogen and oxygen atoms in total.